The highest BCUT2D eigenvalue weighted by molar-refractivity contribution is 7.89. The van der Waals surface area contributed by atoms with E-state index in [0.29, 0.717) is 44.0 Å². The van der Waals surface area contributed by atoms with Gasteiger partial charge in [0.05, 0.1) is 11.4 Å². The first kappa shape index (κ1) is 21.7. The summed E-state index contributed by atoms with van der Waals surface area (Å²) in [6, 6.07) is 6.25. The molecule has 1 aliphatic rings. The molecule has 1 aliphatic heterocycles. The van der Waals surface area contributed by atoms with Gasteiger partial charge in [-0.05, 0) is 31.0 Å². The second kappa shape index (κ2) is 9.07. The Morgan fingerprint density at radius 2 is 1.89 bits per heavy atom. The lowest BCUT2D eigenvalue weighted by Gasteiger charge is -2.34. The van der Waals surface area contributed by atoms with Gasteiger partial charge in [-0.2, -0.15) is 4.31 Å². The van der Waals surface area contributed by atoms with Crippen molar-refractivity contribution < 1.29 is 13.2 Å². The minimum atomic E-state index is -3.58. The fourth-order valence-corrected chi connectivity index (χ4v) is 4.80. The molecule has 0 aromatic heterocycles. The number of carbonyl (C=O) groups is 1. The van der Waals surface area contributed by atoms with Crippen LogP contribution in [0.15, 0.2) is 29.2 Å². The van der Waals surface area contributed by atoms with Crippen LogP contribution >= 0.6 is 11.6 Å². The Morgan fingerprint density at radius 3 is 2.41 bits per heavy atom. The van der Waals surface area contributed by atoms with Gasteiger partial charge in [-0.3, -0.25) is 9.69 Å². The van der Waals surface area contributed by atoms with Crippen LogP contribution in [0.3, 0.4) is 0 Å². The van der Waals surface area contributed by atoms with Crippen molar-refractivity contribution in [3.63, 3.8) is 0 Å². The van der Waals surface area contributed by atoms with E-state index in [9.17, 15) is 13.2 Å². The third-order valence-electron chi connectivity index (χ3n) is 4.99. The van der Waals surface area contributed by atoms with Gasteiger partial charge in [0, 0.05) is 31.2 Å². The van der Waals surface area contributed by atoms with Crippen LogP contribution in [0.5, 0.6) is 0 Å². The summed E-state index contributed by atoms with van der Waals surface area (Å²) < 4.78 is 26.9. The Morgan fingerprint density at radius 1 is 1.26 bits per heavy atom. The highest BCUT2D eigenvalue weighted by Gasteiger charge is 2.30. The van der Waals surface area contributed by atoms with Gasteiger partial charge in [-0.15, -0.1) is 6.42 Å². The van der Waals surface area contributed by atoms with Crippen molar-refractivity contribution in [2.45, 2.75) is 37.1 Å². The second-order valence-corrected chi connectivity index (χ2v) is 8.99. The predicted molar refractivity (Wildman–Crippen MR) is 107 cm³/mol. The van der Waals surface area contributed by atoms with Crippen molar-refractivity contribution in [2.75, 3.05) is 32.7 Å². The lowest BCUT2D eigenvalue weighted by Crippen LogP contribution is -2.54. The van der Waals surface area contributed by atoms with Gasteiger partial charge < -0.3 is 5.32 Å². The number of terminal acetylenes is 1. The Hall–Kier alpha value is -1.59. The summed E-state index contributed by atoms with van der Waals surface area (Å²) >= 11 is 5.91. The maximum Gasteiger partial charge on any atom is 0.243 e. The number of rotatable bonds is 7. The number of benzene rings is 1. The zero-order valence-corrected chi connectivity index (χ0v) is 17.3. The van der Waals surface area contributed by atoms with Crippen LogP contribution < -0.4 is 5.32 Å². The van der Waals surface area contributed by atoms with Gasteiger partial charge in [0.15, 0.2) is 0 Å². The van der Waals surface area contributed by atoms with E-state index in [1.54, 1.807) is 12.1 Å². The van der Waals surface area contributed by atoms with E-state index in [-0.39, 0.29) is 17.3 Å². The van der Waals surface area contributed by atoms with E-state index >= 15 is 0 Å². The largest absolute Gasteiger partial charge is 0.339 e. The fourth-order valence-electron chi connectivity index (χ4n) is 3.08. The molecule has 0 aliphatic carbocycles. The van der Waals surface area contributed by atoms with Crippen LogP contribution in [0.2, 0.25) is 5.02 Å². The first-order valence-electron chi connectivity index (χ1n) is 9.03. The van der Waals surface area contributed by atoms with Gasteiger partial charge in [-0.25, -0.2) is 8.42 Å². The molecule has 0 radical (unpaired) electrons. The molecular formula is C19H26ClN3O3S. The van der Waals surface area contributed by atoms with E-state index in [1.165, 1.54) is 16.4 Å². The number of amides is 1. The fraction of sp³-hybridized carbons (Fsp3) is 0.526. The second-order valence-electron chi connectivity index (χ2n) is 6.62. The first-order valence-corrected chi connectivity index (χ1v) is 10.8. The molecule has 27 heavy (non-hydrogen) atoms. The minimum absolute atomic E-state index is 0.136. The van der Waals surface area contributed by atoms with E-state index in [4.69, 9.17) is 18.0 Å². The van der Waals surface area contributed by atoms with Crippen molar-refractivity contribution in [1.82, 2.24) is 14.5 Å². The zero-order chi connectivity index (χ0) is 20.1. The minimum Gasteiger partial charge on any atom is -0.339 e. The Kier molecular flexibility index (Phi) is 7.29. The number of hydrogen-bond donors (Lipinski definition) is 1. The maximum absolute atomic E-state index is 12.7. The summed E-state index contributed by atoms with van der Waals surface area (Å²) in [7, 11) is -3.58. The smallest absolute Gasteiger partial charge is 0.243 e. The average molecular weight is 412 g/mol. The van der Waals surface area contributed by atoms with Crippen LogP contribution in [0, 0.1) is 12.3 Å². The van der Waals surface area contributed by atoms with Crippen LogP contribution in [0.25, 0.3) is 0 Å². The molecule has 0 atom stereocenters. The maximum atomic E-state index is 12.7. The normalized spacial score (nSPS) is 16.7. The molecule has 1 amide bonds. The van der Waals surface area contributed by atoms with E-state index in [1.807, 2.05) is 18.7 Å². The van der Waals surface area contributed by atoms with Crippen LogP contribution in [-0.4, -0.2) is 61.8 Å². The third-order valence-corrected chi connectivity index (χ3v) is 7.12. The molecule has 1 fully saturated rings. The number of carbonyl (C=O) groups excluding carboxylic acids is 1. The molecular weight excluding hydrogens is 386 g/mol. The Balaban J connectivity index is 1.94. The van der Waals surface area contributed by atoms with Gasteiger partial charge in [0.2, 0.25) is 15.9 Å². The number of nitrogens with zero attached hydrogens (tertiary/aromatic N) is 2. The van der Waals surface area contributed by atoms with Crippen LogP contribution in [0.1, 0.15) is 26.7 Å². The van der Waals surface area contributed by atoms with Crippen molar-refractivity contribution in [2.24, 2.45) is 0 Å². The summed E-state index contributed by atoms with van der Waals surface area (Å²) in [5.74, 6) is 2.55. The van der Waals surface area contributed by atoms with E-state index in [2.05, 4.69) is 11.2 Å². The summed E-state index contributed by atoms with van der Waals surface area (Å²) in [6.45, 7) is 5.71. The van der Waals surface area contributed by atoms with Crippen LogP contribution in [-0.2, 0) is 14.8 Å². The van der Waals surface area contributed by atoms with Gasteiger partial charge in [0.25, 0.3) is 0 Å². The topological polar surface area (TPSA) is 69.7 Å². The molecule has 1 N–H and O–H groups in total. The predicted octanol–water partition coefficient (Wildman–Crippen LogP) is 1.95. The van der Waals surface area contributed by atoms with E-state index < -0.39 is 15.6 Å². The standard InChI is InChI=1S/C19H26ClN3O3S/c1-4-19(5-2,6-3)21-18(24)15-22-10-12-23(13-11-22)27(25,26)17-9-7-8-16(20)14-17/h1,7-9,14H,5-6,10-13,15H2,2-3H3,(H,21,24). The van der Waals surface area contributed by atoms with Gasteiger partial charge in [0.1, 0.15) is 5.54 Å². The zero-order valence-electron chi connectivity index (χ0n) is 15.7. The molecule has 148 valence electrons. The molecule has 6 nitrogen and oxygen atoms in total. The number of hydrogen-bond acceptors (Lipinski definition) is 4. The molecule has 8 heteroatoms. The SMILES string of the molecule is C#CC(CC)(CC)NC(=O)CN1CCN(S(=O)(=O)c2cccc(Cl)c2)CC1. The number of sulfonamides is 1. The summed E-state index contributed by atoms with van der Waals surface area (Å²) in [6.07, 6.45) is 6.91. The lowest BCUT2D eigenvalue weighted by atomic mass is 9.94. The summed E-state index contributed by atoms with van der Waals surface area (Å²) in [4.78, 5) is 14.5. The molecule has 0 bridgehead atoms. The molecule has 1 aromatic rings. The third kappa shape index (κ3) is 5.23. The van der Waals surface area contributed by atoms with Crippen molar-refractivity contribution >= 4 is 27.5 Å². The van der Waals surface area contributed by atoms with Crippen LogP contribution in [0.4, 0.5) is 0 Å². The summed E-state index contributed by atoms with van der Waals surface area (Å²) in [5, 5.41) is 3.32. The molecule has 1 aromatic carbocycles. The lowest BCUT2D eigenvalue weighted by molar-refractivity contribution is -0.123. The molecule has 1 heterocycles. The van der Waals surface area contributed by atoms with E-state index in [0.717, 1.165) is 0 Å². The van der Waals surface area contributed by atoms with Gasteiger partial charge in [-0.1, -0.05) is 37.4 Å². The highest BCUT2D eigenvalue weighted by atomic mass is 35.5. The number of piperazine rings is 1. The molecule has 1 saturated heterocycles. The molecule has 0 unspecified atom stereocenters. The number of halogens is 1. The van der Waals surface area contributed by atoms with Crippen molar-refractivity contribution in [3.05, 3.63) is 29.3 Å². The average Bonchev–Trinajstić information content (AvgIpc) is 2.66. The quantitative estimate of drug-likeness (QED) is 0.696. The molecule has 2 rings (SSSR count). The monoisotopic (exact) mass is 411 g/mol. The Bertz CT molecular complexity index is 808. The number of nitrogens with one attached hydrogen (secondary N) is 1. The Labute approximate surface area is 166 Å². The van der Waals surface area contributed by atoms with Gasteiger partial charge >= 0.3 is 0 Å². The molecule has 0 spiro atoms. The van der Waals surface area contributed by atoms with Crippen molar-refractivity contribution in [1.29, 1.82) is 0 Å². The molecule has 0 saturated carbocycles. The first-order chi connectivity index (χ1) is 12.8. The van der Waals surface area contributed by atoms with Crippen molar-refractivity contribution in [3.8, 4) is 12.3 Å². The highest BCUT2D eigenvalue weighted by Crippen LogP contribution is 2.21. The summed E-state index contributed by atoms with van der Waals surface area (Å²) in [5.41, 5.74) is -0.616.